The molecule has 2 aliphatic heterocycles. The maximum absolute atomic E-state index is 12.3. The summed E-state index contributed by atoms with van der Waals surface area (Å²) in [5.74, 6) is -1.70. The highest BCUT2D eigenvalue weighted by atomic mass is 16.6. The first-order valence-corrected chi connectivity index (χ1v) is 7.23. The number of nitrogen functional groups attached to an aromatic ring is 4. The molecule has 0 radical (unpaired) electrons. The number of hydrogen-bond acceptors (Lipinski definition) is 10. The Balaban J connectivity index is 1.92. The Morgan fingerprint density at radius 2 is 1.12 bits per heavy atom. The molecule has 0 spiro atoms. The summed E-state index contributed by atoms with van der Waals surface area (Å²) in [6.07, 6.45) is -0.304. The highest BCUT2D eigenvalue weighted by Crippen LogP contribution is 2.37. The van der Waals surface area contributed by atoms with Crippen LogP contribution in [0.1, 0.15) is 20.7 Å². The van der Waals surface area contributed by atoms with Crippen molar-refractivity contribution >= 4 is 34.7 Å². The van der Waals surface area contributed by atoms with Gasteiger partial charge in [-0.15, -0.1) is 0 Å². The first kappa shape index (κ1) is 16.1. The van der Waals surface area contributed by atoms with Crippen molar-refractivity contribution in [2.75, 3.05) is 49.4 Å². The van der Waals surface area contributed by atoms with E-state index in [9.17, 15) is 9.59 Å². The molecule has 130 valence electrons. The summed E-state index contributed by atoms with van der Waals surface area (Å²) in [7, 11) is 0. The van der Waals surface area contributed by atoms with Crippen LogP contribution in [0.3, 0.4) is 0 Å². The Kier molecular flexibility index (Phi) is 4.08. The number of rotatable bonds is 6. The number of nitrogens with two attached hydrogens (primary N) is 4. The molecule has 2 saturated heterocycles. The quantitative estimate of drug-likeness (QED) is 0.289. The average molecular weight is 338 g/mol. The highest BCUT2D eigenvalue weighted by Gasteiger charge is 2.32. The number of esters is 2. The maximum Gasteiger partial charge on any atom is 0.341 e. The van der Waals surface area contributed by atoms with Crippen molar-refractivity contribution < 1.29 is 28.5 Å². The van der Waals surface area contributed by atoms with Gasteiger partial charge in [0.1, 0.15) is 36.5 Å². The zero-order valence-corrected chi connectivity index (χ0v) is 12.7. The van der Waals surface area contributed by atoms with Crippen LogP contribution in [-0.2, 0) is 18.9 Å². The summed E-state index contributed by atoms with van der Waals surface area (Å²) in [5, 5.41) is 0. The smallest absolute Gasteiger partial charge is 0.341 e. The van der Waals surface area contributed by atoms with Crippen LogP contribution in [0, 0.1) is 0 Å². The Bertz CT molecular complexity index is 640. The molecule has 10 nitrogen and oxygen atoms in total. The lowest BCUT2D eigenvalue weighted by Crippen LogP contribution is -2.22. The van der Waals surface area contributed by atoms with Gasteiger partial charge in [0, 0.05) is 0 Å². The van der Waals surface area contributed by atoms with E-state index >= 15 is 0 Å². The Labute approximate surface area is 136 Å². The van der Waals surface area contributed by atoms with E-state index in [4.69, 9.17) is 41.9 Å². The first-order chi connectivity index (χ1) is 11.4. The fourth-order valence-corrected chi connectivity index (χ4v) is 2.06. The van der Waals surface area contributed by atoms with Gasteiger partial charge in [-0.1, -0.05) is 0 Å². The van der Waals surface area contributed by atoms with Gasteiger partial charge in [0.25, 0.3) is 0 Å². The SMILES string of the molecule is Nc1c(N)c(N)c(C(=O)OCC2CO2)c(C(=O)OCC2CO2)c1N. The van der Waals surface area contributed by atoms with E-state index in [1.165, 1.54) is 0 Å². The maximum atomic E-state index is 12.3. The zero-order valence-electron chi connectivity index (χ0n) is 12.7. The van der Waals surface area contributed by atoms with Gasteiger partial charge in [-0.25, -0.2) is 9.59 Å². The summed E-state index contributed by atoms with van der Waals surface area (Å²) in [4.78, 5) is 24.7. The molecule has 2 heterocycles. The molecule has 2 unspecified atom stereocenters. The van der Waals surface area contributed by atoms with Crippen LogP contribution in [0.5, 0.6) is 0 Å². The number of epoxide rings is 2. The molecule has 2 aliphatic rings. The minimum Gasteiger partial charge on any atom is -0.459 e. The molecule has 0 amide bonds. The average Bonchev–Trinajstić information content (AvgIpc) is 3.45. The molecule has 3 rings (SSSR count). The van der Waals surface area contributed by atoms with Gasteiger partial charge in [0.2, 0.25) is 0 Å². The first-order valence-electron chi connectivity index (χ1n) is 7.23. The summed E-state index contributed by atoms with van der Waals surface area (Å²) in [6, 6.07) is 0. The third-order valence-corrected chi connectivity index (χ3v) is 3.67. The van der Waals surface area contributed by atoms with Gasteiger partial charge in [0.05, 0.1) is 36.0 Å². The molecular formula is C14H18N4O6. The topological polar surface area (TPSA) is 182 Å². The molecule has 10 heteroatoms. The van der Waals surface area contributed by atoms with Gasteiger partial charge in [-0.05, 0) is 0 Å². The van der Waals surface area contributed by atoms with Gasteiger partial charge < -0.3 is 41.9 Å². The molecule has 1 aromatic carbocycles. The van der Waals surface area contributed by atoms with Crippen LogP contribution in [0.4, 0.5) is 22.7 Å². The summed E-state index contributed by atoms with van der Waals surface area (Å²) in [5.41, 5.74) is 22.2. The zero-order chi connectivity index (χ0) is 17.4. The normalized spacial score (nSPS) is 21.2. The standard InChI is InChI=1S/C14H18N4O6/c15-9-7(13(19)23-3-5-1-21-5)8(10(16)12(18)11(9)17)14(20)24-4-6-2-22-6/h5-6H,1-4,15-18H2. The number of carbonyl (C=O) groups is 2. The van der Waals surface area contributed by atoms with Crippen LogP contribution in [-0.4, -0.2) is 50.6 Å². The summed E-state index contributed by atoms with van der Waals surface area (Å²) >= 11 is 0. The summed E-state index contributed by atoms with van der Waals surface area (Å²) in [6.45, 7) is 1.08. The van der Waals surface area contributed by atoms with Crippen LogP contribution < -0.4 is 22.9 Å². The fourth-order valence-electron chi connectivity index (χ4n) is 2.06. The molecule has 2 fully saturated rings. The summed E-state index contributed by atoms with van der Waals surface area (Å²) < 4.78 is 20.1. The minimum atomic E-state index is -0.851. The van der Waals surface area contributed by atoms with Crippen molar-refractivity contribution in [2.45, 2.75) is 12.2 Å². The van der Waals surface area contributed by atoms with Crippen molar-refractivity contribution in [2.24, 2.45) is 0 Å². The predicted molar refractivity (Wildman–Crippen MR) is 84.1 cm³/mol. The van der Waals surface area contributed by atoms with Crippen molar-refractivity contribution in [3.8, 4) is 0 Å². The van der Waals surface area contributed by atoms with E-state index in [1.807, 2.05) is 0 Å². The number of ether oxygens (including phenoxy) is 4. The monoisotopic (exact) mass is 338 g/mol. The second-order valence-corrected chi connectivity index (χ2v) is 5.51. The van der Waals surface area contributed by atoms with Crippen LogP contribution >= 0.6 is 0 Å². The van der Waals surface area contributed by atoms with Crippen molar-refractivity contribution in [1.82, 2.24) is 0 Å². The minimum absolute atomic E-state index is 0.0346. The van der Waals surface area contributed by atoms with Crippen LogP contribution in [0.25, 0.3) is 0 Å². The lowest BCUT2D eigenvalue weighted by atomic mass is 10.00. The van der Waals surface area contributed by atoms with Gasteiger partial charge in [0.15, 0.2) is 0 Å². The van der Waals surface area contributed by atoms with E-state index in [1.54, 1.807) is 0 Å². The fraction of sp³-hybridized carbons (Fsp3) is 0.429. The number of hydrogen-bond donors (Lipinski definition) is 4. The number of carbonyl (C=O) groups excluding carboxylic acids is 2. The predicted octanol–water partition coefficient (Wildman–Crippen LogP) is -0.873. The van der Waals surface area contributed by atoms with E-state index in [-0.39, 0.29) is 59.3 Å². The molecule has 8 N–H and O–H groups in total. The Hall–Kier alpha value is -2.72. The van der Waals surface area contributed by atoms with Gasteiger partial charge in [-0.2, -0.15) is 0 Å². The van der Waals surface area contributed by atoms with Crippen LogP contribution in [0.2, 0.25) is 0 Å². The molecule has 0 aromatic heterocycles. The Morgan fingerprint density at radius 3 is 1.42 bits per heavy atom. The third kappa shape index (κ3) is 3.14. The molecule has 24 heavy (non-hydrogen) atoms. The Morgan fingerprint density at radius 1 is 0.792 bits per heavy atom. The molecule has 0 saturated carbocycles. The largest absolute Gasteiger partial charge is 0.459 e. The third-order valence-electron chi connectivity index (χ3n) is 3.67. The molecular weight excluding hydrogens is 320 g/mol. The van der Waals surface area contributed by atoms with E-state index < -0.39 is 11.9 Å². The lowest BCUT2D eigenvalue weighted by molar-refractivity contribution is 0.0432. The molecule has 2 atom stereocenters. The number of anilines is 4. The van der Waals surface area contributed by atoms with Crippen molar-refractivity contribution in [1.29, 1.82) is 0 Å². The second-order valence-electron chi connectivity index (χ2n) is 5.51. The van der Waals surface area contributed by atoms with E-state index in [2.05, 4.69) is 0 Å². The second kappa shape index (κ2) is 6.06. The molecule has 0 aliphatic carbocycles. The van der Waals surface area contributed by atoms with Gasteiger partial charge in [-0.3, -0.25) is 0 Å². The van der Waals surface area contributed by atoms with E-state index in [0.29, 0.717) is 13.2 Å². The molecule has 1 aromatic rings. The van der Waals surface area contributed by atoms with Crippen LogP contribution in [0.15, 0.2) is 0 Å². The van der Waals surface area contributed by atoms with Crippen molar-refractivity contribution in [3.63, 3.8) is 0 Å². The number of benzene rings is 1. The highest BCUT2D eigenvalue weighted by molar-refractivity contribution is 6.15. The van der Waals surface area contributed by atoms with Crippen molar-refractivity contribution in [3.05, 3.63) is 11.1 Å². The van der Waals surface area contributed by atoms with E-state index in [0.717, 1.165) is 0 Å². The lowest BCUT2D eigenvalue weighted by Gasteiger charge is -2.17. The van der Waals surface area contributed by atoms with Gasteiger partial charge >= 0.3 is 11.9 Å². The molecule has 0 bridgehead atoms.